The molecule has 12 heavy (non-hydrogen) atoms. The molecule has 0 aliphatic heterocycles. The van der Waals surface area contributed by atoms with E-state index in [1.54, 1.807) is 0 Å². The molecular weight excluding hydrogens is 173 g/mol. The number of alkyl halides is 3. The zero-order valence-corrected chi connectivity index (χ0v) is 7.02. The third-order valence-electron chi connectivity index (χ3n) is 1.66. The summed E-state index contributed by atoms with van der Waals surface area (Å²) in [7, 11) is 0. The number of aliphatic hydroxyl groups excluding tert-OH is 1. The molecule has 2 N–H and O–H groups in total. The number of hydrogen-bond donors (Lipinski definition) is 2. The van der Waals surface area contributed by atoms with Crippen LogP contribution in [0.15, 0.2) is 0 Å². The van der Waals surface area contributed by atoms with Crippen LogP contribution in [0.25, 0.3) is 0 Å². The Bertz CT molecular complexity index is 140. The normalized spacial score (nSPS) is 20.2. The molecule has 0 fully saturated rings. The molecule has 0 aromatic rings. The Labute approximate surface area is 69.0 Å². The number of rotatable bonds is 3. The van der Waals surface area contributed by atoms with Gasteiger partial charge in [-0.2, -0.15) is 13.2 Å². The van der Waals surface area contributed by atoms with E-state index in [1.807, 2.05) is 0 Å². The van der Waals surface area contributed by atoms with Crippen molar-refractivity contribution in [2.45, 2.75) is 44.6 Å². The molecule has 0 bridgehead atoms. The fraction of sp³-hybridized carbons (Fsp3) is 1.00. The fourth-order valence-electron chi connectivity index (χ4n) is 0.632. The van der Waals surface area contributed by atoms with Crippen molar-refractivity contribution in [2.75, 3.05) is 0 Å². The number of halogens is 3. The summed E-state index contributed by atoms with van der Waals surface area (Å²) in [6, 6.07) is 0. The minimum atomic E-state index is -4.62. The van der Waals surface area contributed by atoms with Gasteiger partial charge in [0.25, 0.3) is 0 Å². The van der Waals surface area contributed by atoms with Gasteiger partial charge in [0.1, 0.15) is 0 Å². The van der Waals surface area contributed by atoms with Crippen molar-refractivity contribution in [3.63, 3.8) is 0 Å². The molecule has 0 aromatic heterocycles. The summed E-state index contributed by atoms with van der Waals surface area (Å²) < 4.78 is 35.9. The van der Waals surface area contributed by atoms with E-state index >= 15 is 0 Å². The van der Waals surface area contributed by atoms with Crippen molar-refractivity contribution in [2.24, 2.45) is 0 Å². The zero-order valence-electron chi connectivity index (χ0n) is 7.02. The van der Waals surface area contributed by atoms with Gasteiger partial charge in [-0.15, -0.1) is 0 Å². The Morgan fingerprint density at radius 1 is 1.33 bits per heavy atom. The van der Waals surface area contributed by atoms with Gasteiger partial charge in [0, 0.05) is 0 Å². The predicted octanol–water partition coefficient (Wildman–Crippen LogP) is 1.46. The van der Waals surface area contributed by atoms with Crippen molar-refractivity contribution in [3.05, 3.63) is 0 Å². The maximum Gasteiger partial charge on any atom is 0.416 e. The van der Waals surface area contributed by atoms with E-state index in [-0.39, 0.29) is 6.42 Å². The highest BCUT2D eigenvalue weighted by Gasteiger charge is 2.49. The Morgan fingerprint density at radius 3 is 2.00 bits per heavy atom. The lowest BCUT2D eigenvalue weighted by atomic mass is 9.98. The van der Waals surface area contributed by atoms with Crippen molar-refractivity contribution < 1.29 is 23.4 Å². The van der Waals surface area contributed by atoms with Crippen molar-refractivity contribution >= 4 is 0 Å². The van der Waals surface area contributed by atoms with Gasteiger partial charge in [-0.05, 0) is 26.7 Å². The van der Waals surface area contributed by atoms with E-state index in [1.165, 1.54) is 6.92 Å². The molecule has 2 nitrogen and oxygen atoms in total. The molecule has 0 radical (unpaired) electrons. The molecule has 2 unspecified atom stereocenters. The molecule has 0 rings (SSSR count). The van der Waals surface area contributed by atoms with Gasteiger partial charge in [-0.1, -0.05) is 0 Å². The molecule has 5 heteroatoms. The third-order valence-corrected chi connectivity index (χ3v) is 1.66. The van der Waals surface area contributed by atoms with E-state index in [2.05, 4.69) is 0 Å². The highest BCUT2D eigenvalue weighted by molar-refractivity contribution is 4.81. The monoisotopic (exact) mass is 186 g/mol. The van der Waals surface area contributed by atoms with Gasteiger partial charge < -0.3 is 10.2 Å². The lowest BCUT2D eigenvalue weighted by molar-refractivity contribution is -0.256. The molecule has 0 amide bonds. The van der Waals surface area contributed by atoms with E-state index in [9.17, 15) is 13.2 Å². The van der Waals surface area contributed by atoms with Gasteiger partial charge in [0.15, 0.2) is 5.60 Å². The van der Waals surface area contributed by atoms with Crippen LogP contribution in [-0.4, -0.2) is 28.1 Å². The summed E-state index contributed by atoms with van der Waals surface area (Å²) in [5.41, 5.74) is -2.69. The Hall–Kier alpha value is -0.290. The summed E-state index contributed by atoms with van der Waals surface area (Å²) in [6.07, 6.45) is -5.98. The van der Waals surface area contributed by atoms with Gasteiger partial charge in [-0.3, -0.25) is 0 Å². The second-order valence-electron chi connectivity index (χ2n) is 3.16. The van der Waals surface area contributed by atoms with Crippen LogP contribution < -0.4 is 0 Å². The van der Waals surface area contributed by atoms with Gasteiger partial charge >= 0.3 is 6.18 Å². The smallest absolute Gasteiger partial charge is 0.393 e. The molecule has 0 aliphatic carbocycles. The molecule has 74 valence electrons. The topological polar surface area (TPSA) is 40.5 Å². The van der Waals surface area contributed by atoms with Crippen LogP contribution >= 0.6 is 0 Å². The summed E-state index contributed by atoms with van der Waals surface area (Å²) in [5.74, 6) is 0. The van der Waals surface area contributed by atoms with E-state index in [0.717, 1.165) is 0 Å². The zero-order chi connectivity index (χ0) is 9.99. The minimum absolute atomic E-state index is 0.0630. The highest BCUT2D eigenvalue weighted by Crippen LogP contribution is 2.33. The van der Waals surface area contributed by atoms with E-state index < -0.39 is 24.3 Å². The van der Waals surface area contributed by atoms with Crippen LogP contribution in [0, 0.1) is 0 Å². The number of aliphatic hydroxyl groups is 2. The summed E-state index contributed by atoms with van der Waals surface area (Å²) in [5, 5.41) is 17.6. The molecule has 0 aromatic carbocycles. The Kier molecular flexibility index (Phi) is 3.53. The molecule has 0 aliphatic rings. The number of hydrogen-bond acceptors (Lipinski definition) is 2. The Morgan fingerprint density at radius 2 is 1.75 bits per heavy atom. The third kappa shape index (κ3) is 3.40. The summed E-state index contributed by atoms with van der Waals surface area (Å²) in [6.45, 7) is 2.09. The molecule has 0 spiro atoms. The molecule has 2 atom stereocenters. The largest absolute Gasteiger partial charge is 0.416 e. The predicted molar refractivity (Wildman–Crippen MR) is 37.6 cm³/mol. The summed E-state index contributed by atoms with van der Waals surface area (Å²) in [4.78, 5) is 0. The van der Waals surface area contributed by atoms with Crippen LogP contribution in [-0.2, 0) is 0 Å². The lowest BCUT2D eigenvalue weighted by Crippen LogP contribution is -2.42. The van der Waals surface area contributed by atoms with Crippen molar-refractivity contribution in [3.8, 4) is 0 Å². The molecular formula is C7H13F3O2. The Balaban J connectivity index is 4.05. The van der Waals surface area contributed by atoms with E-state index in [4.69, 9.17) is 10.2 Å². The quantitative estimate of drug-likeness (QED) is 0.700. The average Bonchev–Trinajstić information content (AvgIpc) is 1.81. The first kappa shape index (κ1) is 11.7. The van der Waals surface area contributed by atoms with Crippen molar-refractivity contribution in [1.82, 2.24) is 0 Å². The fourth-order valence-corrected chi connectivity index (χ4v) is 0.632. The maximum absolute atomic E-state index is 12.0. The van der Waals surface area contributed by atoms with E-state index in [0.29, 0.717) is 6.92 Å². The van der Waals surface area contributed by atoms with Crippen molar-refractivity contribution in [1.29, 1.82) is 0 Å². The van der Waals surface area contributed by atoms with Gasteiger partial charge in [0.05, 0.1) is 6.10 Å². The lowest BCUT2D eigenvalue weighted by Gasteiger charge is -2.26. The highest BCUT2D eigenvalue weighted by atomic mass is 19.4. The summed E-state index contributed by atoms with van der Waals surface area (Å²) >= 11 is 0. The van der Waals surface area contributed by atoms with Crippen LogP contribution in [0.5, 0.6) is 0 Å². The van der Waals surface area contributed by atoms with Crippen LogP contribution in [0.1, 0.15) is 26.7 Å². The maximum atomic E-state index is 12.0. The van der Waals surface area contributed by atoms with Gasteiger partial charge in [-0.25, -0.2) is 0 Å². The molecule has 0 saturated heterocycles. The van der Waals surface area contributed by atoms with Crippen LogP contribution in [0.2, 0.25) is 0 Å². The van der Waals surface area contributed by atoms with Gasteiger partial charge in [0.2, 0.25) is 0 Å². The van der Waals surface area contributed by atoms with Crippen LogP contribution in [0.3, 0.4) is 0 Å². The molecule has 0 saturated carbocycles. The van der Waals surface area contributed by atoms with Crippen LogP contribution in [0.4, 0.5) is 13.2 Å². The average molecular weight is 186 g/mol. The first-order valence-corrected chi connectivity index (χ1v) is 3.64. The first-order valence-electron chi connectivity index (χ1n) is 3.64. The minimum Gasteiger partial charge on any atom is -0.393 e. The second-order valence-corrected chi connectivity index (χ2v) is 3.16. The standard InChI is InChI=1S/C7H13F3O2/c1-5(11)3-4-6(2,12)7(8,9)10/h5,11-12H,3-4H2,1-2H3. The molecule has 0 heterocycles. The second kappa shape index (κ2) is 3.62. The SMILES string of the molecule is CC(O)CCC(C)(O)C(F)(F)F. The first-order chi connectivity index (χ1) is 5.17.